The second-order valence-electron chi connectivity index (χ2n) is 4.46. The summed E-state index contributed by atoms with van der Waals surface area (Å²) in [4.78, 5) is 0. The highest BCUT2D eigenvalue weighted by atomic mass is 127. The van der Waals surface area contributed by atoms with Crippen molar-refractivity contribution in [2.24, 2.45) is 0 Å². The van der Waals surface area contributed by atoms with Crippen LogP contribution >= 0.6 is 22.6 Å². The number of ether oxygens (including phenoxy) is 1. The summed E-state index contributed by atoms with van der Waals surface area (Å²) in [5.41, 5.74) is 8.39. The minimum absolute atomic E-state index is 0.277. The van der Waals surface area contributed by atoms with Gasteiger partial charge in [0, 0.05) is 6.07 Å². The van der Waals surface area contributed by atoms with Crippen molar-refractivity contribution in [3.63, 3.8) is 0 Å². The summed E-state index contributed by atoms with van der Waals surface area (Å²) in [6.07, 6.45) is 0. The Morgan fingerprint density at radius 2 is 1.80 bits per heavy atom. The van der Waals surface area contributed by atoms with E-state index in [1.807, 2.05) is 36.4 Å². The van der Waals surface area contributed by atoms with E-state index in [9.17, 15) is 4.39 Å². The molecule has 0 heterocycles. The van der Waals surface area contributed by atoms with Crippen molar-refractivity contribution >= 4 is 28.3 Å². The molecular weight excluding hydrogens is 370 g/mol. The van der Waals surface area contributed by atoms with Gasteiger partial charge < -0.3 is 10.5 Å². The van der Waals surface area contributed by atoms with E-state index in [4.69, 9.17) is 15.7 Å². The molecule has 0 saturated heterocycles. The molecule has 0 amide bonds. The third-order valence-corrected chi connectivity index (χ3v) is 3.68. The molecular formula is C15H12FIN2O. The molecule has 0 aliphatic rings. The molecule has 2 N–H and O–H groups in total. The number of hydrogen-bond donors (Lipinski definition) is 1. The highest BCUT2D eigenvalue weighted by Gasteiger charge is 2.12. The molecule has 5 heteroatoms. The summed E-state index contributed by atoms with van der Waals surface area (Å²) in [6, 6.07) is 8.33. The maximum Gasteiger partial charge on any atom is 0.153 e. The second-order valence-corrected chi connectivity index (χ2v) is 5.62. The van der Waals surface area contributed by atoms with Gasteiger partial charge in [0.25, 0.3) is 0 Å². The molecule has 0 radical (unpaired) electrons. The predicted molar refractivity (Wildman–Crippen MR) is 84.2 cm³/mol. The van der Waals surface area contributed by atoms with Crippen molar-refractivity contribution in [1.29, 1.82) is 5.26 Å². The summed E-state index contributed by atoms with van der Waals surface area (Å²) >= 11 is 1.87. The lowest BCUT2D eigenvalue weighted by atomic mass is 10.1. The van der Waals surface area contributed by atoms with Crippen LogP contribution in [0.1, 0.15) is 16.7 Å². The molecule has 0 bridgehead atoms. The van der Waals surface area contributed by atoms with E-state index >= 15 is 0 Å². The standard InChI is InChI=1S/C15H12FIN2O/c1-8-3-10(7-18)4-9(2)15(8)20-14-5-11(16)12(17)6-13(14)19/h3-6H,19H2,1-2H3. The first kappa shape index (κ1) is 14.6. The number of rotatable bonds is 2. The summed E-state index contributed by atoms with van der Waals surface area (Å²) in [7, 11) is 0. The molecule has 0 unspecified atom stereocenters. The van der Waals surface area contributed by atoms with Crippen molar-refractivity contribution in [2.45, 2.75) is 13.8 Å². The highest BCUT2D eigenvalue weighted by molar-refractivity contribution is 14.1. The average molecular weight is 382 g/mol. The number of aryl methyl sites for hydroxylation is 2. The van der Waals surface area contributed by atoms with Gasteiger partial charge in [0.05, 0.1) is 20.9 Å². The van der Waals surface area contributed by atoms with Crippen LogP contribution in [-0.4, -0.2) is 0 Å². The van der Waals surface area contributed by atoms with Crippen LogP contribution in [0.5, 0.6) is 11.5 Å². The van der Waals surface area contributed by atoms with Gasteiger partial charge >= 0.3 is 0 Å². The van der Waals surface area contributed by atoms with Crippen molar-refractivity contribution in [3.05, 3.63) is 50.3 Å². The highest BCUT2D eigenvalue weighted by Crippen LogP contribution is 2.34. The molecule has 20 heavy (non-hydrogen) atoms. The van der Waals surface area contributed by atoms with Gasteiger partial charge in [-0.15, -0.1) is 0 Å². The Bertz CT molecular complexity index is 700. The predicted octanol–water partition coefficient (Wildman–Crippen LogP) is 4.29. The Labute approximate surface area is 130 Å². The van der Waals surface area contributed by atoms with Gasteiger partial charge in [-0.3, -0.25) is 0 Å². The van der Waals surface area contributed by atoms with Gasteiger partial charge in [0.15, 0.2) is 5.75 Å². The Morgan fingerprint density at radius 3 is 2.35 bits per heavy atom. The third kappa shape index (κ3) is 2.85. The number of nitrogens with zero attached hydrogens (tertiary/aromatic N) is 1. The number of nitrogens with two attached hydrogens (primary N) is 1. The quantitative estimate of drug-likeness (QED) is 0.623. The molecule has 2 aromatic carbocycles. The van der Waals surface area contributed by atoms with Gasteiger partial charge in [-0.05, 0) is 65.8 Å². The van der Waals surface area contributed by atoms with E-state index in [1.54, 1.807) is 12.1 Å². The van der Waals surface area contributed by atoms with Crippen molar-refractivity contribution in [2.75, 3.05) is 5.73 Å². The molecule has 0 spiro atoms. The van der Waals surface area contributed by atoms with Crippen molar-refractivity contribution in [3.8, 4) is 17.6 Å². The summed E-state index contributed by atoms with van der Waals surface area (Å²) in [5, 5.41) is 8.92. The topological polar surface area (TPSA) is 59.0 Å². The largest absolute Gasteiger partial charge is 0.455 e. The molecule has 0 aliphatic heterocycles. The van der Waals surface area contributed by atoms with E-state index in [-0.39, 0.29) is 11.6 Å². The Balaban J connectivity index is 2.46. The third-order valence-electron chi connectivity index (χ3n) is 2.85. The molecule has 0 atom stereocenters. The lowest BCUT2D eigenvalue weighted by molar-refractivity contribution is 0.471. The lowest BCUT2D eigenvalue weighted by Crippen LogP contribution is -1.98. The first-order valence-electron chi connectivity index (χ1n) is 5.86. The van der Waals surface area contributed by atoms with Crippen LogP contribution in [0, 0.1) is 34.6 Å². The number of anilines is 1. The molecule has 0 fully saturated rings. The van der Waals surface area contributed by atoms with Gasteiger partial charge in [0.1, 0.15) is 11.6 Å². The van der Waals surface area contributed by atoms with Crippen LogP contribution in [0.2, 0.25) is 0 Å². The van der Waals surface area contributed by atoms with Crippen LogP contribution in [0.4, 0.5) is 10.1 Å². The molecule has 102 valence electrons. The fourth-order valence-electron chi connectivity index (χ4n) is 1.92. The molecule has 2 rings (SSSR count). The van der Waals surface area contributed by atoms with Crippen LogP contribution in [0.15, 0.2) is 24.3 Å². The van der Waals surface area contributed by atoms with Gasteiger partial charge in [-0.25, -0.2) is 4.39 Å². The van der Waals surface area contributed by atoms with Crippen LogP contribution in [-0.2, 0) is 0 Å². The number of nitriles is 1. The maximum atomic E-state index is 13.6. The molecule has 0 saturated carbocycles. The van der Waals surface area contributed by atoms with Gasteiger partial charge in [-0.2, -0.15) is 5.26 Å². The second kappa shape index (κ2) is 5.67. The van der Waals surface area contributed by atoms with Crippen molar-refractivity contribution < 1.29 is 9.13 Å². The summed E-state index contributed by atoms with van der Waals surface area (Å²) in [5.74, 6) is 0.494. The van der Waals surface area contributed by atoms with E-state index in [1.165, 1.54) is 12.1 Å². The summed E-state index contributed by atoms with van der Waals surface area (Å²) < 4.78 is 19.8. The van der Waals surface area contributed by atoms with Crippen LogP contribution < -0.4 is 10.5 Å². The van der Waals surface area contributed by atoms with Crippen LogP contribution in [0.25, 0.3) is 0 Å². The number of halogens is 2. The SMILES string of the molecule is Cc1cc(C#N)cc(C)c1Oc1cc(F)c(I)cc1N. The Morgan fingerprint density at radius 1 is 1.20 bits per heavy atom. The van der Waals surface area contributed by atoms with E-state index in [0.717, 1.165) is 11.1 Å². The van der Waals surface area contributed by atoms with E-state index < -0.39 is 0 Å². The maximum absolute atomic E-state index is 13.6. The molecule has 0 aromatic heterocycles. The van der Waals surface area contributed by atoms with E-state index in [0.29, 0.717) is 20.6 Å². The van der Waals surface area contributed by atoms with Crippen molar-refractivity contribution in [1.82, 2.24) is 0 Å². The number of hydrogen-bond acceptors (Lipinski definition) is 3. The van der Waals surface area contributed by atoms with Gasteiger partial charge in [-0.1, -0.05) is 0 Å². The zero-order valence-electron chi connectivity index (χ0n) is 11.0. The Hall–Kier alpha value is -1.81. The van der Waals surface area contributed by atoms with E-state index in [2.05, 4.69) is 6.07 Å². The molecule has 3 nitrogen and oxygen atoms in total. The zero-order chi connectivity index (χ0) is 14.9. The fourth-order valence-corrected chi connectivity index (χ4v) is 2.41. The number of benzene rings is 2. The minimum Gasteiger partial charge on any atom is -0.455 e. The first-order valence-corrected chi connectivity index (χ1v) is 6.94. The lowest BCUT2D eigenvalue weighted by Gasteiger charge is -2.14. The first-order chi connectivity index (χ1) is 9.42. The molecule has 0 aliphatic carbocycles. The summed E-state index contributed by atoms with van der Waals surface area (Å²) in [6.45, 7) is 3.67. The minimum atomic E-state index is -0.376. The average Bonchev–Trinajstić information content (AvgIpc) is 2.39. The monoisotopic (exact) mass is 382 g/mol. The zero-order valence-corrected chi connectivity index (χ0v) is 13.2. The number of nitrogen functional groups attached to an aromatic ring is 1. The molecule has 2 aromatic rings. The normalized spacial score (nSPS) is 10.2. The Kier molecular flexibility index (Phi) is 4.14. The van der Waals surface area contributed by atoms with Crippen LogP contribution in [0.3, 0.4) is 0 Å². The smallest absolute Gasteiger partial charge is 0.153 e. The van der Waals surface area contributed by atoms with Gasteiger partial charge in [0.2, 0.25) is 0 Å². The fraction of sp³-hybridized carbons (Fsp3) is 0.133.